The molecule has 10 heteroatoms. The SMILES string of the molecule is C[C@H]1C[C@H]2[C@@H]3CCC4=Cc5nn(-c6cccc(C(=O)O)c6)cc5C[C@]4(C)[C@@]3(F)[C@@H](O)C[C@]2(C)[C@]12OCOC21COCO1. The standard InChI is InChI=1S/C32H37FN2O7/c1-18-9-24-23-8-7-21-11-25-20(14-35(34-25)22-6-4-5-19(10-22)27(37)38)12-28(21,2)31(23,33)26(36)13-29(24,3)32(18)30(41-17-42-32)15-39-16-40-30/h4-6,10-11,14,18,23-24,26,36H,7-9,12-13,15-17H2,1-3H3,(H,37,38)/t18-,23-,24-,26-,28-,29-,30?,31-,32+/m0/s1. The minimum absolute atomic E-state index is 0.0220. The quantitative estimate of drug-likeness (QED) is 0.534. The Morgan fingerprint density at radius 3 is 2.74 bits per heavy atom. The zero-order valence-electron chi connectivity index (χ0n) is 24.1. The number of ether oxygens (including phenoxy) is 4. The van der Waals surface area contributed by atoms with Gasteiger partial charge in [-0.3, -0.25) is 0 Å². The van der Waals surface area contributed by atoms with E-state index in [2.05, 4.69) is 13.8 Å². The summed E-state index contributed by atoms with van der Waals surface area (Å²) < 4.78 is 44.3. The van der Waals surface area contributed by atoms with Gasteiger partial charge in [0, 0.05) is 22.9 Å². The maximum atomic E-state index is 18.2. The number of fused-ring (bicyclic) bond motifs is 8. The summed E-state index contributed by atoms with van der Waals surface area (Å²) in [4.78, 5) is 11.5. The highest BCUT2D eigenvalue weighted by Crippen LogP contribution is 2.74. The van der Waals surface area contributed by atoms with Gasteiger partial charge in [-0.05, 0) is 73.8 Å². The Balaban J connectivity index is 1.17. The second-order valence-corrected chi connectivity index (χ2v) is 13.8. The van der Waals surface area contributed by atoms with Crippen molar-refractivity contribution in [3.8, 4) is 5.69 Å². The van der Waals surface area contributed by atoms with E-state index in [1.165, 1.54) is 0 Å². The van der Waals surface area contributed by atoms with Gasteiger partial charge in [-0.15, -0.1) is 0 Å². The van der Waals surface area contributed by atoms with E-state index in [0.717, 1.165) is 29.7 Å². The highest BCUT2D eigenvalue weighted by Gasteiger charge is 2.81. The van der Waals surface area contributed by atoms with Crippen LogP contribution in [0, 0.1) is 28.6 Å². The summed E-state index contributed by atoms with van der Waals surface area (Å²) in [6.45, 7) is 6.73. The molecule has 0 amide bonds. The van der Waals surface area contributed by atoms with Crippen LogP contribution in [-0.4, -0.2) is 69.3 Å². The zero-order chi connectivity index (χ0) is 29.3. The molecule has 1 aromatic carbocycles. The maximum Gasteiger partial charge on any atom is 0.335 e. The number of carboxylic acids is 1. The fourth-order valence-corrected chi connectivity index (χ4v) is 10.5. The van der Waals surface area contributed by atoms with Crippen molar-refractivity contribution in [1.82, 2.24) is 9.78 Å². The van der Waals surface area contributed by atoms with Gasteiger partial charge in [-0.2, -0.15) is 5.10 Å². The first-order valence-corrected chi connectivity index (χ1v) is 15.0. The predicted molar refractivity (Wildman–Crippen MR) is 147 cm³/mol. The number of benzene rings is 1. The van der Waals surface area contributed by atoms with Crippen molar-refractivity contribution in [3.63, 3.8) is 0 Å². The van der Waals surface area contributed by atoms with Crippen molar-refractivity contribution in [2.75, 3.05) is 20.2 Å². The summed E-state index contributed by atoms with van der Waals surface area (Å²) in [5, 5.41) is 26.2. The third-order valence-electron chi connectivity index (χ3n) is 12.2. The first-order valence-electron chi connectivity index (χ1n) is 15.0. The molecule has 9 nitrogen and oxygen atoms in total. The lowest BCUT2D eigenvalue weighted by atomic mass is 9.43. The van der Waals surface area contributed by atoms with E-state index in [4.69, 9.17) is 24.0 Å². The molecule has 4 aliphatic carbocycles. The number of nitrogens with zero attached hydrogens (tertiary/aromatic N) is 2. The molecule has 2 N–H and O–H groups in total. The van der Waals surface area contributed by atoms with Crippen LogP contribution in [0.25, 0.3) is 11.8 Å². The highest BCUT2D eigenvalue weighted by atomic mass is 19.1. The van der Waals surface area contributed by atoms with Gasteiger partial charge >= 0.3 is 5.97 Å². The summed E-state index contributed by atoms with van der Waals surface area (Å²) in [6.07, 6.45) is 5.40. The van der Waals surface area contributed by atoms with Crippen LogP contribution in [-0.2, 0) is 25.4 Å². The lowest BCUT2D eigenvalue weighted by Gasteiger charge is -2.64. The number of hydrogen-bond acceptors (Lipinski definition) is 7. The van der Waals surface area contributed by atoms with Crippen molar-refractivity contribution in [3.05, 3.63) is 52.9 Å². The molecule has 5 fully saturated rings. The van der Waals surface area contributed by atoms with Crippen molar-refractivity contribution in [2.45, 2.75) is 76.0 Å². The van der Waals surface area contributed by atoms with Crippen LogP contribution in [0.2, 0.25) is 0 Å². The van der Waals surface area contributed by atoms with Gasteiger partial charge < -0.3 is 29.2 Å². The molecule has 3 heterocycles. The monoisotopic (exact) mass is 580 g/mol. The molecule has 42 heavy (non-hydrogen) atoms. The number of carboxylic acid groups (broad SMARTS) is 1. The molecule has 8 rings (SSSR count). The first kappa shape index (κ1) is 27.0. The third kappa shape index (κ3) is 3.00. The zero-order valence-corrected chi connectivity index (χ0v) is 24.1. The lowest BCUT2D eigenvalue weighted by molar-refractivity contribution is -0.279. The molecule has 6 aliphatic rings. The molecule has 2 aromatic rings. The Labute approximate surface area is 243 Å². The molecule has 0 radical (unpaired) electrons. The van der Waals surface area contributed by atoms with E-state index in [0.29, 0.717) is 18.5 Å². The highest BCUT2D eigenvalue weighted by molar-refractivity contribution is 5.88. The largest absolute Gasteiger partial charge is 0.478 e. The molecule has 9 atom stereocenters. The first-order chi connectivity index (χ1) is 20.0. The van der Waals surface area contributed by atoms with Gasteiger partial charge in [0.1, 0.15) is 17.9 Å². The number of aliphatic hydroxyl groups excluding tert-OH is 1. The third-order valence-corrected chi connectivity index (χ3v) is 12.2. The smallest absolute Gasteiger partial charge is 0.335 e. The van der Waals surface area contributed by atoms with Crippen LogP contribution in [0.4, 0.5) is 4.39 Å². The van der Waals surface area contributed by atoms with Crippen LogP contribution >= 0.6 is 0 Å². The normalized spacial score (nSPS) is 45.4. The summed E-state index contributed by atoms with van der Waals surface area (Å²) in [5.74, 6) is -2.45. The van der Waals surface area contributed by atoms with E-state index in [1.807, 2.05) is 25.3 Å². The number of halogens is 1. The van der Waals surface area contributed by atoms with Crippen LogP contribution < -0.4 is 0 Å². The fraction of sp³-hybridized carbons (Fsp3) is 0.625. The Bertz CT molecular complexity index is 1510. The molecule has 1 unspecified atom stereocenters. The van der Waals surface area contributed by atoms with Crippen LogP contribution in [0.5, 0.6) is 0 Å². The molecular formula is C32H37FN2O7. The number of hydrogen-bond donors (Lipinski definition) is 2. The Hall–Kier alpha value is -2.63. The van der Waals surface area contributed by atoms with Crippen molar-refractivity contribution >= 4 is 12.0 Å². The van der Waals surface area contributed by atoms with Crippen LogP contribution in [0.1, 0.15) is 68.1 Å². The minimum atomic E-state index is -1.85. The van der Waals surface area contributed by atoms with Gasteiger partial charge in [0.2, 0.25) is 5.79 Å². The minimum Gasteiger partial charge on any atom is -0.478 e. The Morgan fingerprint density at radius 1 is 1.17 bits per heavy atom. The fourth-order valence-electron chi connectivity index (χ4n) is 10.5. The predicted octanol–water partition coefficient (Wildman–Crippen LogP) is 4.51. The summed E-state index contributed by atoms with van der Waals surface area (Å²) in [6, 6.07) is 6.63. The van der Waals surface area contributed by atoms with E-state index in [9.17, 15) is 15.0 Å². The van der Waals surface area contributed by atoms with E-state index >= 15 is 4.39 Å². The maximum absolute atomic E-state index is 18.2. The van der Waals surface area contributed by atoms with Gasteiger partial charge in [-0.1, -0.05) is 32.4 Å². The van der Waals surface area contributed by atoms with Gasteiger partial charge in [-0.25, -0.2) is 13.9 Å². The lowest BCUT2D eigenvalue weighted by Crippen LogP contribution is -2.72. The molecule has 224 valence electrons. The Kier molecular flexibility index (Phi) is 5.46. The average molecular weight is 581 g/mol. The molecule has 2 aliphatic heterocycles. The number of rotatable bonds is 2. The van der Waals surface area contributed by atoms with Gasteiger partial charge in [0.15, 0.2) is 13.6 Å². The molecule has 1 aromatic heterocycles. The van der Waals surface area contributed by atoms with Crippen LogP contribution in [0.15, 0.2) is 36.0 Å². The topological polar surface area (TPSA) is 112 Å². The van der Waals surface area contributed by atoms with Gasteiger partial charge in [0.05, 0.1) is 23.0 Å². The molecule has 0 bridgehead atoms. The summed E-state index contributed by atoms with van der Waals surface area (Å²) >= 11 is 0. The van der Waals surface area contributed by atoms with Crippen LogP contribution in [0.3, 0.4) is 0 Å². The molecule has 2 saturated heterocycles. The number of carbonyl (C=O) groups is 1. The molecular weight excluding hydrogens is 543 g/mol. The number of aromatic carboxylic acids is 1. The Morgan fingerprint density at radius 2 is 1.98 bits per heavy atom. The van der Waals surface area contributed by atoms with E-state index in [-0.39, 0.29) is 49.9 Å². The van der Waals surface area contributed by atoms with Crippen molar-refractivity contribution < 1.29 is 38.3 Å². The summed E-state index contributed by atoms with van der Waals surface area (Å²) in [7, 11) is 0. The molecule has 3 saturated carbocycles. The van der Waals surface area contributed by atoms with E-state index in [1.54, 1.807) is 22.9 Å². The number of alkyl halides is 1. The number of aromatic nitrogens is 2. The second kappa shape index (κ2) is 8.51. The average Bonchev–Trinajstić information content (AvgIpc) is 3.73. The van der Waals surface area contributed by atoms with E-state index < -0.39 is 40.0 Å². The van der Waals surface area contributed by atoms with Gasteiger partial charge in [0.25, 0.3) is 0 Å². The second-order valence-electron chi connectivity index (χ2n) is 13.8. The summed E-state index contributed by atoms with van der Waals surface area (Å²) in [5.41, 5.74) is -0.744. The number of allylic oxidation sites excluding steroid dienone is 1. The van der Waals surface area contributed by atoms with Crippen molar-refractivity contribution in [2.24, 2.45) is 28.6 Å². The van der Waals surface area contributed by atoms with Crippen molar-refractivity contribution in [1.29, 1.82) is 0 Å². The molecule has 2 spiro atoms. The number of aliphatic hydroxyl groups is 1.